The lowest BCUT2D eigenvalue weighted by atomic mass is 10.2. The van der Waals surface area contributed by atoms with E-state index in [0.717, 1.165) is 24.3 Å². The normalized spacial score (nSPS) is 15.9. The van der Waals surface area contributed by atoms with Crippen LogP contribution in [0.4, 0.5) is 10.5 Å². The molecule has 1 unspecified atom stereocenters. The van der Waals surface area contributed by atoms with Crippen molar-refractivity contribution in [2.45, 2.75) is 44.8 Å². The average molecular weight is 329 g/mol. The number of benzene rings is 1. The maximum atomic E-state index is 12.4. The minimum Gasteiger partial charge on any atom is -0.490 e. The molecule has 0 bridgehead atoms. The second kappa shape index (κ2) is 7.38. The van der Waals surface area contributed by atoms with Gasteiger partial charge in [-0.25, -0.2) is 4.79 Å². The van der Waals surface area contributed by atoms with Gasteiger partial charge in [-0.3, -0.25) is 0 Å². The monoisotopic (exact) mass is 329 g/mol. The standard InChI is InChI=1S/C18H23N3O3/c1-13(17-10-11-23-20-17)21(2)18(22)19-14-6-5-9-16(12-14)24-15-7-3-4-8-15/h5-6,9-13,15H,3-4,7-8H2,1-2H3,(H,19,22). The number of ether oxygens (including phenoxy) is 1. The molecule has 1 aliphatic rings. The quantitative estimate of drug-likeness (QED) is 0.892. The fraction of sp³-hybridized carbons (Fsp3) is 0.444. The molecule has 1 aromatic carbocycles. The molecule has 0 radical (unpaired) electrons. The van der Waals surface area contributed by atoms with Gasteiger partial charge in [-0.2, -0.15) is 0 Å². The van der Waals surface area contributed by atoms with Gasteiger partial charge < -0.3 is 19.5 Å². The second-order valence-electron chi connectivity index (χ2n) is 6.19. The predicted molar refractivity (Wildman–Crippen MR) is 91.0 cm³/mol. The van der Waals surface area contributed by atoms with Gasteiger partial charge in [0.15, 0.2) is 0 Å². The molecular formula is C18H23N3O3. The molecule has 2 amide bonds. The number of nitrogens with one attached hydrogen (secondary N) is 1. The molecule has 1 atom stereocenters. The zero-order valence-corrected chi connectivity index (χ0v) is 14.1. The first kappa shape index (κ1) is 16.4. The van der Waals surface area contributed by atoms with Gasteiger partial charge >= 0.3 is 6.03 Å². The van der Waals surface area contributed by atoms with Crippen molar-refractivity contribution in [3.63, 3.8) is 0 Å². The maximum absolute atomic E-state index is 12.4. The summed E-state index contributed by atoms with van der Waals surface area (Å²) in [7, 11) is 1.73. The second-order valence-corrected chi connectivity index (χ2v) is 6.19. The molecule has 2 aromatic rings. The van der Waals surface area contributed by atoms with Crippen LogP contribution in [0, 0.1) is 0 Å². The number of anilines is 1. The van der Waals surface area contributed by atoms with Crippen LogP contribution in [0.15, 0.2) is 41.1 Å². The van der Waals surface area contributed by atoms with Crippen LogP contribution in [0.25, 0.3) is 0 Å². The van der Waals surface area contributed by atoms with Gasteiger partial charge in [-0.1, -0.05) is 11.2 Å². The SMILES string of the molecule is CC(c1ccon1)N(C)C(=O)Nc1cccc(OC2CCCC2)c1. The molecule has 0 aliphatic heterocycles. The third kappa shape index (κ3) is 3.88. The minimum atomic E-state index is -0.205. The van der Waals surface area contributed by atoms with E-state index in [0.29, 0.717) is 11.8 Å². The van der Waals surface area contributed by atoms with E-state index in [1.54, 1.807) is 18.0 Å². The summed E-state index contributed by atoms with van der Waals surface area (Å²) in [5.41, 5.74) is 1.43. The minimum absolute atomic E-state index is 0.179. The van der Waals surface area contributed by atoms with Crippen LogP contribution in [0.3, 0.4) is 0 Å². The summed E-state index contributed by atoms with van der Waals surface area (Å²) in [6, 6.07) is 8.91. The van der Waals surface area contributed by atoms with Crippen molar-refractivity contribution in [1.82, 2.24) is 10.1 Å². The molecule has 1 fully saturated rings. The van der Waals surface area contributed by atoms with Crippen molar-refractivity contribution >= 4 is 11.7 Å². The first-order valence-electron chi connectivity index (χ1n) is 8.34. The molecule has 128 valence electrons. The van der Waals surface area contributed by atoms with Crippen LogP contribution in [0.5, 0.6) is 5.75 Å². The highest BCUT2D eigenvalue weighted by Crippen LogP contribution is 2.26. The van der Waals surface area contributed by atoms with Crippen LogP contribution >= 0.6 is 0 Å². The van der Waals surface area contributed by atoms with E-state index >= 15 is 0 Å². The lowest BCUT2D eigenvalue weighted by molar-refractivity contribution is 0.205. The largest absolute Gasteiger partial charge is 0.490 e. The number of rotatable bonds is 5. The molecule has 3 rings (SSSR count). The van der Waals surface area contributed by atoms with Gasteiger partial charge in [0.05, 0.1) is 12.1 Å². The average Bonchev–Trinajstić information content (AvgIpc) is 3.27. The third-order valence-corrected chi connectivity index (χ3v) is 4.48. The van der Waals surface area contributed by atoms with Crippen molar-refractivity contribution in [3.8, 4) is 5.75 Å². The molecule has 1 N–H and O–H groups in total. The number of aromatic nitrogens is 1. The molecular weight excluding hydrogens is 306 g/mol. The van der Waals surface area contributed by atoms with E-state index in [2.05, 4.69) is 10.5 Å². The Kier molecular flexibility index (Phi) is 5.03. The maximum Gasteiger partial charge on any atom is 0.322 e. The Bertz CT molecular complexity index is 666. The lowest BCUT2D eigenvalue weighted by Gasteiger charge is -2.23. The Labute approximate surface area is 141 Å². The molecule has 1 saturated carbocycles. The van der Waals surface area contributed by atoms with Crippen LogP contribution in [0.1, 0.15) is 44.3 Å². The number of amides is 2. The van der Waals surface area contributed by atoms with E-state index in [4.69, 9.17) is 9.26 Å². The molecule has 24 heavy (non-hydrogen) atoms. The first-order valence-corrected chi connectivity index (χ1v) is 8.34. The van der Waals surface area contributed by atoms with Gasteiger partial charge in [0.25, 0.3) is 0 Å². The summed E-state index contributed by atoms with van der Waals surface area (Å²) in [5, 5.41) is 6.78. The summed E-state index contributed by atoms with van der Waals surface area (Å²) in [6.45, 7) is 1.90. The summed E-state index contributed by atoms with van der Waals surface area (Å²) < 4.78 is 10.8. The Morgan fingerprint density at radius 2 is 2.17 bits per heavy atom. The predicted octanol–water partition coefficient (Wildman–Crippen LogP) is 4.22. The molecule has 6 heteroatoms. The molecule has 0 spiro atoms. The summed E-state index contributed by atoms with van der Waals surface area (Å²) in [4.78, 5) is 14.0. The zero-order chi connectivity index (χ0) is 16.9. The van der Waals surface area contributed by atoms with Crippen molar-refractivity contribution in [3.05, 3.63) is 42.3 Å². The molecule has 1 heterocycles. The van der Waals surface area contributed by atoms with E-state index in [-0.39, 0.29) is 12.1 Å². The number of hydrogen-bond acceptors (Lipinski definition) is 4. The Hall–Kier alpha value is -2.50. The van der Waals surface area contributed by atoms with E-state index in [1.165, 1.54) is 19.1 Å². The lowest BCUT2D eigenvalue weighted by Crippen LogP contribution is -2.33. The number of carbonyl (C=O) groups excluding carboxylic acids is 1. The fourth-order valence-electron chi connectivity index (χ4n) is 2.87. The van der Waals surface area contributed by atoms with Crippen LogP contribution < -0.4 is 10.1 Å². The Balaban J connectivity index is 1.61. The highest BCUT2D eigenvalue weighted by atomic mass is 16.5. The molecule has 0 saturated heterocycles. The molecule has 1 aliphatic carbocycles. The van der Waals surface area contributed by atoms with E-state index < -0.39 is 0 Å². The highest BCUT2D eigenvalue weighted by molar-refractivity contribution is 5.89. The summed E-state index contributed by atoms with van der Waals surface area (Å²) in [5.74, 6) is 0.798. The fourth-order valence-corrected chi connectivity index (χ4v) is 2.87. The van der Waals surface area contributed by atoms with Crippen molar-refractivity contribution in [2.24, 2.45) is 0 Å². The highest BCUT2D eigenvalue weighted by Gasteiger charge is 2.20. The number of urea groups is 1. The summed E-state index contributed by atoms with van der Waals surface area (Å²) in [6.07, 6.45) is 6.47. The number of hydrogen-bond donors (Lipinski definition) is 1. The van der Waals surface area contributed by atoms with Crippen molar-refractivity contribution in [1.29, 1.82) is 0 Å². The van der Waals surface area contributed by atoms with Gasteiger partial charge in [0.1, 0.15) is 17.7 Å². The van der Waals surface area contributed by atoms with Crippen LogP contribution in [-0.4, -0.2) is 29.2 Å². The van der Waals surface area contributed by atoms with Crippen molar-refractivity contribution in [2.75, 3.05) is 12.4 Å². The third-order valence-electron chi connectivity index (χ3n) is 4.48. The van der Waals surface area contributed by atoms with Gasteiger partial charge in [-0.05, 0) is 44.7 Å². The van der Waals surface area contributed by atoms with Gasteiger partial charge in [-0.15, -0.1) is 0 Å². The van der Waals surface area contributed by atoms with Gasteiger partial charge in [0.2, 0.25) is 0 Å². The number of carbonyl (C=O) groups is 1. The van der Waals surface area contributed by atoms with Crippen LogP contribution in [-0.2, 0) is 0 Å². The molecule has 1 aromatic heterocycles. The van der Waals surface area contributed by atoms with Crippen molar-refractivity contribution < 1.29 is 14.1 Å². The van der Waals surface area contributed by atoms with E-state index in [1.807, 2.05) is 31.2 Å². The Morgan fingerprint density at radius 3 is 2.88 bits per heavy atom. The molecule has 6 nitrogen and oxygen atoms in total. The number of nitrogens with zero attached hydrogens (tertiary/aromatic N) is 2. The Morgan fingerprint density at radius 1 is 1.38 bits per heavy atom. The summed E-state index contributed by atoms with van der Waals surface area (Å²) >= 11 is 0. The zero-order valence-electron chi connectivity index (χ0n) is 14.1. The van der Waals surface area contributed by atoms with E-state index in [9.17, 15) is 4.79 Å². The smallest absolute Gasteiger partial charge is 0.322 e. The topological polar surface area (TPSA) is 67.6 Å². The van der Waals surface area contributed by atoms with Crippen LogP contribution in [0.2, 0.25) is 0 Å². The first-order chi connectivity index (χ1) is 11.6. The van der Waals surface area contributed by atoms with Gasteiger partial charge in [0, 0.05) is 24.9 Å².